The third-order valence-electron chi connectivity index (χ3n) is 3.46. The summed E-state index contributed by atoms with van der Waals surface area (Å²) < 4.78 is 10.7. The Morgan fingerprint density at radius 3 is 2.20 bits per heavy atom. The number of hydrogen-bond acceptors (Lipinski definition) is 3. The predicted molar refractivity (Wildman–Crippen MR) is 80.2 cm³/mol. The third kappa shape index (κ3) is 5.11. The number of hydrogen-bond donors (Lipinski definition) is 1. The first kappa shape index (κ1) is 16.3. The van der Waals surface area contributed by atoms with Crippen LogP contribution in [-0.4, -0.2) is 25.7 Å². The Balaban J connectivity index is 2.44. The number of carbonyl (C=O) groups is 1. The van der Waals surface area contributed by atoms with Crippen LogP contribution in [0.25, 0.3) is 0 Å². The third-order valence-corrected chi connectivity index (χ3v) is 3.46. The van der Waals surface area contributed by atoms with Gasteiger partial charge in [-0.3, -0.25) is 4.79 Å². The van der Waals surface area contributed by atoms with Crippen LogP contribution in [0, 0.1) is 5.92 Å². The second-order valence-corrected chi connectivity index (χ2v) is 4.86. The Morgan fingerprint density at radius 1 is 1.15 bits per heavy atom. The standard InChI is InChI=1S/C16H25NO3/c1-5-13(6-2)11-17-16(18)12(3)20-15-9-7-14(19-4)8-10-15/h7-10,12-13H,5-6,11H2,1-4H3,(H,17,18). The van der Waals surface area contributed by atoms with Crippen molar-refractivity contribution in [3.63, 3.8) is 0 Å². The van der Waals surface area contributed by atoms with Gasteiger partial charge < -0.3 is 14.8 Å². The van der Waals surface area contributed by atoms with Crippen LogP contribution in [-0.2, 0) is 4.79 Å². The van der Waals surface area contributed by atoms with Crippen molar-refractivity contribution in [3.8, 4) is 11.5 Å². The normalized spacial score (nSPS) is 12.1. The molecule has 0 fully saturated rings. The number of nitrogens with one attached hydrogen (secondary N) is 1. The highest BCUT2D eigenvalue weighted by atomic mass is 16.5. The van der Waals surface area contributed by atoms with E-state index in [1.54, 1.807) is 26.2 Å². The topological polar surface area (TPSA) is 47.6 Å². The van der Waals surface area contributed by atoms with Crippen molar-refractivity contribution in [2.75, 3.05) is 13.7 Å². The Labute approximate surface area is 121 Å². The molecule has 0 heterocycles. The molecular weight excluding hydrogens is 254 g/mol. The first-order valence-electron chi connectivity index (χ1n) is 7.19. The number of rotatable bonds is 8. The van der Waals surface area contributed by atoms with E-state index in [0.29, 0.717) is 18.2 Å². The maximum absolute atomic E-state index is 11.9. The monoisotopic (exact) mass is 279 g/mol. The number of amides is 1. The van der Waals surface area contributed by atoms with E-state index in [9.17, 15) is 4.79 Å². The van der Waals surface area contributed by atoms with Gasteiger partial charge in [0.2, 0.25) is 0 Å². The van der Waals surface area contributed by atoms with E-state index in [-0.39, 0.29) is 5.91 Å². The zero-order valence-electron chi connectivity index (χ0n) is 12.8. The molecule has 1 N–H and O–H groups in total. The minimum atomic E-state index is -0.502. The molecule has 4 nitrogen and oxygen atoms in total. The van der Waals surface area contributed by atoms with Crippen LogP contribution in [0.15, 0.2) is 24.3 Å². The second-order valence-electron chi connectivity index (χ2n) is 4.86. The molecule has 0 spiro atoms. The molecule has 1 rings (SSSR count). The highest BCUT2D eigenvalue weighted by Gasteiger charge is 2.15. The molecule has 0 aliphatic heterocycles. The van der Waals surface area contributed by atoms with Crippen LogP contribution in [0.2, 0.25) is 0 Å². The van der Waals surface area contributed by atoms with Gasteiger partial charge in [-0.05, 0) is 37.1 Å². The average Bonchev–Trinajstić information content (AvgIpc) is 2.48. The molecule has 1 unspecified atom stereocenters. The summed E-state index contributed by atoms with van der Waals surface area (Å²) >= 11 is 0. The summed E-state index contributed by atoms with van der Waals surface area (Å²) in [4.78, 5) is 11.9. The summed E-state index contributed by atoms with van der Waals surface area (Å²) in [5.74, 6) is 1.89. The van der Waals surface area contributed by atoms with Gasteiger partial charge in [0.15, 0.2) is 6.10 Å². The molecule has 0 saturated heterocycles. The fraction of sp³-hybridized carbons (Fsp3) is 0.562. The van der Waals surface area contributed by atoms with Crippen molar-refractivity contribution in [2.24, 2.45) is 5.92 Å². The van der Waals surface area contributed by atoms with Gasteiger partial charge in [0, 0.05) is 6.54 Å². The molecule has 0 bridgehead atoms. The molecule has 112 valence electrons. The average molecular weight is 279 g/mol. The molecule has 1 aromatic rings. The van der Waals surface area contributed by atoms with E-state index in [0.717, 1.165) is 18.6 Å². The Morgan fingerprint density at radius 2 is 1.70 bits per heavy atom. The van der Waals surface area contributed by atoms with Crippen molar-refractivity contribution in [1.29, 1.82) is 0 Å². The zero-order valence-corrected chi connectivity index (χ0v) is 12.8. The van der Waals surface area contributed by atoms with Crippen molar-refractivity contribution >= 4 is 5.91 Å². The van der Waals surface area contributed by atoms with Gasteiger partial charge in [-0.2, -0.15) is 0 Å². The maximum Gasteiger partial charge on any atom is 0.260 e. The van der Waals surface area contributed by atoms with Crippen LogP contribution in [0.4, 0.5) is 0 Å². The molecule has 0 saturated carbocycles. The Bertz CT molecular complexity index is 399. The van der Waals surface area contributed by atoms with Gasteiger partial charge >= 0.3 is 0 Å². The van der Waals surface area contributed by atoms with Gasteiger partial charge in [-0.15, -0.1) is 0 Å². The summed E-state index contributed by atoms with van der Waals surface area (Å²) in [5, 5.41) is 2.94. The lowest BCUT2D eigenvalue weighted by Gasteiger charge is -2.17. The first-order valence-corrected chi connectivity index (χ1v) is 7.19. The maximum atomic E-state index is 11.9. The molecule has 20 heavy (non-hydrogen) atoms. The van der Waals surface area contributed by atoms with Gasteiger partial charge in [-0.1, -0.05) is 26.7 Å². The van der Waals surface area contributed by atoms with Crippen molar-refractivity contribution < 1.29 is 14.3 Å². The molecule has 0 radical (unpaired) electrons. The fourth-order valence-corrected chi connectivity index (χ4v) is 1.88. The molecule has 1 aromatic carbocycles. The Kier molecular flexibility index (Phi) is 6.91. The fourth-order valence-electron chi connectivity index (χ4n) is 1.88. The molecule has 0 aromatic heterocycles. The van der Waals surface area contributed by atoms with Crippen molar-refractivity contribution in [2.45, 2.75) is 39.7 Å². The van der Waals surface area contributed by atoms with Crippen LogP contribution in [0.3, 0.4) is 0 Å². The number of ether oxygens (including phenoxy) is 2. The van der Waals surface area contributed by atoms with E-state index in [1.165, 1.54) is 0 Å². The predicted octanol–water partition coefficient (Wildman–Crippen LogP) is 3.01. The highest BCUT2D eigenvalue weighted by Crippen LogP contribution is 2.18. The summed E-state index contributed by atoms with van der Waals surface area (Å²) in [5.41, 5.74) is 0. The quantitative estimate of drug-likeness (QED) is 0.795. The van der Waals surface area contributed by atoms with Crippen LogP contribution in [0.5, 0.6) is 11.5 Å². The van der Waals surface area contributed by atoms with Gasteiger partial charge in [0.25, 0.3) is 5.91 Å². The van der Waals surface area contributed by atoms with E-state index < -0.39 is 6.10 Å². The lowest BCUT2D eigenvalue weighted by molar-refractivity contribution is -0.127. The number of carbonyl (C=O) groups excluding carboxylic acids is 1. The highest BCUT2D eigenvalue weighted by molar-refractivity contribution is 5.80. The largest absolute Gasteiger partial charge is 0.497 e. The number of benzene rings is 1. The van der Waals surface area contributed by atoms with Crippen LogP contribution in [0.1, 0.15) is 33.6 Å². The van der Waals surface area contributed by atoms with Gasteiger partial charge in [0.1, 0.15) is 11.5 Å². The lowest BCUT2D eigenvalue weighted by Crippen LogP contribution is -2.38. The summed E-state index contributed by atoms with van der Waals surface area (Å²) in [6, 6.07) is 7.21. The second kappa shape index (κ2) is 8.46. The van der Waals surface area contributed by atoms with Gasteiger partial charge in [0.05, 0.1) is 7.11 Å². The van der Waals surface area contributed by atoms with E-state index in [1.807, 2.05) is 12.1 Å². The minimum absolute atomic E-state index is 0.0762. The van der Waals surface area contributed by atoms with Gasteiger partial charge in [-0.25, -0.2) is 0 Å². The van der Waals surface area contributed by atoms with Crippen LogP contribution >= 0.6 is 0 Å². The smallest absolute Gasteiger partial charge is 0.260 e. The van der Waals surface area contributed by atoms with Crippen molar-refractivity contribution in [1.82, 2.24) is 5.32 Å². The SMILES string of the molecule is CCC(CC)CNC(=O)C(C)Oc1ccc(OC)cc1. The minimum Gasteiger partial charge on any atom is -0.497 e. The first-order chi connectivity index (χ1) is 9.60. The molecule has 0 aliphatic rings. The molecule has 4 heteroatoms. The molecule has 1 amide bonds. The van der Waals surface area contributed by atoms with E-state index in [2.05, 4.69) is 19.2 Å². The summed E-state index contributed by atoms with van der Waals surface area (Å²) in [7, 11) is 1.61. The zero-order chi connectivity index (χ0) is 15.0. The molecule has 1 atom stereocenters. The summed E-state index contributed by atoms with van der Waals surface area (Å²) in [6.45, 7) is 6.74. The molecular formula is C16H25NO3. The Hall–Kier alpha value is -1.71. The van der Waals surface area contributed by atoms with E-state index in [4.69, 9.17) is 9.47 Å². The summed E-state index contributed by atoms with van der Waals surface area (Å²) in [6.07, 6.45) is 1.65. The van der Waals surface area contributed by atoms with Crippen LogP contribution < -0.4 is 14.8 Å². The van der Waals surface area contributed by atoms with Crippen molar-refractivity contribution in [3.05, 3.63) is 24.3 Å². The number of methoxy groups -OCH3 is 1. The van der Waals surface area contributed by atoms with E-state index >= 15 is 0 Å². The lowest BCUT2D eigenvalue weighted by atomic mass is 10.0. The molecule has 0 aliphatic carbocycles.